The van der Waals surface area contributed by atoms with Gasteiger partial charge in [0.05, 0.1) is 5.03 Å². The van der Waals surface area contributed by atoms with Crippen LogP contribution < -0.4 is 0 Å². The summed E-state index contributed by atoms with van der Waals surface area (Å²) in [4.78, 5) is 10.4. The third kappa shape index (κ3) is 0.651. The van der Waals surface area contributed by atoms with Crippen molar-refractivity contribution in [3.8, 4) is 0 Å². The van der Waals surface area contributed by atoms with Crippen molar-refractivity contribution in [2.45, 2.75) is 0 Å². The van der Waals surface area contributed by atoms with E-state index in [1.165, 1.54) is 18.5 Å². The number of hydrogen-bond acceptors (Lipinski definition) is 3. The lowest BCUT2D eigenvalue weighted by Gasteiger charge is -1.85. The van der Waals surface area contributed by atoms with Gasteiger partial charge in [-0.05, 0) is 0 Å². The molecule has 0 N–H and O–H groups in total. The Kier molecular flexibility index (Phi) is 0.957. The Morgan fingerprint density at radius 2 is 2.50 bits per heavy atom. The van der Waals surface area contributed by atoms with Gasteiger partial charge in [0.2, 0.25) is 0 Å². The normalized spacial score (nSPS) is 9.00. The van der Waals surface area contributed by atoms with Crippen LogP contribution >= 0.6 is 0 Å². The molecule has 0 bridgehead atoms. The molecule has 0 atom stereocenters. The van der Waals surface area contributed by atoms with Crippen LogP contribution in [0.5, 0.6) is 0 Å². The molecule has 0 saturated heterocycles. The summed E-state index contributed by atoms with van der Waals surface area (Å²) in [7, 11) is 0. The van der Waals surface area contributed by atoms with Crippen LogP contribution in [-0.4, -0.2) is 14.9 Å². The van der Waals surface area contributed by atoms with Gasteiger partial charge in [-0.2, -0.15) is 0 Å². The number of aromatic nitrogens is 2. The maximum atomic E-state index is 9.77. The molecule has 1 aromatic heterocycles. The molecule has 42 valence electrons. The Balaban J connectivity index is 2.93. The van der Waals surface area contributed by atoms with Gasteiger partial charge in [-0.1, -0.05) is 0 Å². The molecule has 8 heavy (non-hydrogen) atoms. The average Bonchev–Trinajstić information content (AvgIpc) is 2.12. The third-order valence-electron chi connectivity index (χ3n) is 0.658. The summed E-state index contributed by atoms with van der Waals surface area (Å²) < 4.78 is 0. The molecule has 0 unspecified atom stereocenters. The first-order valence-electron chi connectivity index (χ1n) is 1.95. The summed E-state index contributed by atoms with van der Waals surface area (Å²) in [5.41, 5.74) is 0. The van der Waals surface area contributed by atoms with Crippen molar-refractivity contribution in [2.24, 2.45) is 0 Å². The van der Waals surface area contributed by atoms with Gasteiger partial charge in [-0.25, -0.2) is 0 Å². The minimum absolute atomic E-state index is 0.611. The Hall–Kier alpha value is -1.39. The zero-order chi connectivity index (χ0) is 5.98. The van der Waals surface area contributed by atoms with Crippen LogP contribution in [0.2, 0.25) is 0 Å². The van der Waals surface area contributed by atoms with E-state index < -0.39 is 5.03 Å². The molecule has 0 aromatic carbocycles. The van der Waals surface area contributed by atoms with Gasteiger partial charge >= 0.3 is 0 Å². The van der Waals surface area contributed by atoms with Crippen molar-refractivity contribution in [2.75, 3.05) is 0 Å². The van der Waals surface area contributed by atoms with Crippen LogP contribution in [0.1, 0.15) is 0 Å². The predicted octanol–water partition coefficient (Wildman–Crippen LogP) is -0.0771. The quantitative estimate of drug-likeness (QED) is 0.378. The molecule has 5 nitrogen and oxygen atoms in total. The minimum atomic E-state index is -0.611. The van der Waals surface area contributed by atoms with Crippen molar-refractivity contribution >= 4 is 0 Å². The van der Waals surface area contributed by atoms with Crippen molar-refractivity contribution in [3.63, 3.8) is 0 Å². The van der Waals surface area contributed by atoms with E-state index in [-0.39, 0.29) is 0 Å². The summed E-state index contributed by atoms with van der Waals surface area (Å²) in [5.74, 6) is 0. The molecule has 0 spiro atoms. The molecule has 0 radical (unpaired) electrons. The highest BCUT2D eigenvalue weighted by Crippen LogP contribution is 1.79. The molecule has 0 amide bonds. The van der Waals surface area contributed by atoms with E-state index in [0.29, 0.717) is 4.79 Å². The fourth-order valence-electron chi connectivity index (χ4n) is 0.357. The molecule has 0 aliphatic heterocycles. The van der Waals surface area contributed by atoms with Gasteiger partial charge < -0.3 is 10.1 Å². The maximum Gasteiger partial charge on any atom is 0.167 e. The van der Waals surface area contributed by atoms with E-state index >= 15 is 0 Å². The van der Waals surface area contributed by atoms with Crippen LogP contribution in [0.3, 0.4) is 0 Å². The SMILES string of the molecule is O=[N+]([O-])n1cccn1. The molecule has 0 fully saturated rings. The van der Waals surface area contributed by atoms with Crippen molar-refractivity contribution in [1.82, 2.24) is 9.89 Å². The molecule has 1 rings (SSSR count). The third-order valence-corrected chi connectivity index (χ3v) is 0.658. The molecular weight excluding hydrogens is 110 g/mol. The molecule has 0 saturated carbocycles. The lowest BCUT2D eigenvalue weighted by Crippen LogP contribution is -2.07. The lowest BCUT2D eigenvalue weighted by atomic mass is 10.8. The smallest absolute Gasteiger partial charge is 0.167 e. The standard InChI is InChI=1S/C3H3N3O2/c7-6(8)5-3-1-2-4-5/h1-3H. The Morgan fingerprint density at radius 3 is 2.75 bits per heavy atom. The number of hydrogen-bond donors (Lipinski definition) is 0. The van der Waals surface area contributed by atoms with E-state index in [1.807, 2.05) is 0 Å². The van der Waals surface area contributed by atoms with E-state index in [4.69, 9.17) is 0 Å². The molecule has 1 aromatic rings. The van der Waals surface area contributed by atoms with Gasteiger partial charge in [-0.3, -0.25) is 0 Å². The second-order valence-corrected chi connectivity index (χ2v) is 1.16. The highest BCUT2D eigenvalue weighted by molar-refractivity contribution is 4.74. The highest BCUT2D eigenvalue weighted by atomic mass is 16.7. The first-order valence-corrected chi connectivity index (χ1v) is 1.95. The average molecular weight is 113 g/mol. The van der Waals surface area contributed by atoms with E-state index in [0.717, 1.165) is 0 Å². The van der Waals surface area contributed by atoms with Gasteiger partial charge in [0.15, 0.2) is 6.20 Å². The van der Waals surface area contributed by atoms with Crippen LogP contribution in [0.4, 0.5) is 0 Å². The summed E-state index contributed by atoms with van der Waals surface area (Å²) in [6.07, 6.45) is 2.61. The number of nitrogens with zero attached hydrogens (tertiary/aromatic N) is 3. The van der Waals surface area contributed by atoms with Gasteiger partial charge in [-0.15, -0.1) is 0 Å². The fraction of sp³-hybridized carbons (Fsp3) is 0. The zero-order valence-corrected chi connectivity index (χ0v) is 3.89. The first kappa shape index (κ1) is 4.76. The monoisotopic (exact) mass is 113 g/mol. The second-order valence-electron chi connectivity index (χ2n) is 1.16. The number of rotatable bonds is 1. The van der Waals surface area contributed by atoms with Gasteiger partial charge in [0, 0.05) is 16.0 Å². The topological polar surface area (TPSA) is 61.0 Å². The molecule has 0 aliphatic rings. The first-order chi connectivity index (χ1) is 3.80. The Bertz CT molecular complexity index is 180. The summed E-state index contributed by atoms with van der Waals surface area (Å²) in [6.45, 7) is 0. The highest BCUT2D eigenvalue weighted by Gasteiger charge is 1.94. The van der Waals surface area contributed by atoms with Crippen molar-refractivity contribution in [1.29, 1.82) is 0 Å². The summed E-state index contributed by atoms with van der Waals surface area (Å²) in [6, 6.07) is 1.49. The fourth-order valence-corrected chi connectivity index (χ4v) is 0.357. The van der Waals surface area contributed by atoms with Crippen LogP contribution in [0, 0.1) is 10.1 Å². The van der Waals surface area contributed by atoms with Crippen molar-refractivity contribution in [3.05, 3.63) is 28.6 Å². The number of nitro groups is 1. The molecule has 5 heteroatoms. The van der Waals surface area contributed by atoms with Gasteiger partial charge in [0.25, 0.3) is 0 Å². The minimum Gasteiger partial charge on any atom is -0.339 e. The Morgan fingerprint density at radius 1 is 1.75 bits per heavy atom. The molecular formula is C3H3N3O2. The zero-order valence-electron chi connectivity index (χ0n) is 3.89. The largest absolute Gasteiger partial charge is 0.339 e. The Labute approximate surface area is 44.7 Å². The predicted molar refractivity (Wildman–Crippen MR) is 24.6 cm³/mol. The lowest BCUT2D eigenvalue weighted by molar-refractivity contribution is -0.552. The van der Waals surface area contributed by atoms with Crippen LogP contribution in [0.25, 0.3) is 0 Å². The van der Waals surface area contributed by atoms with E-state index in [1.54, 1.807) is 0 Å². The van der Waals surface area contributed by atoms with Crippen LogP contribution in [-0.2, 0) is 0 Å². The maximum absolute atomic E-state index is 9.77. The molecule has 0 aliphatic carbocycles. The van der Waals surface area contributed by atoms with Gasteiger partial charge in [0.1, 0.15) is 6.20 Å². The molecule has 1 heterocycles. The van der Waals surface area contributed by atoms with Crippen molar-refractivity contribution < 1.29 is 5.03 Å². The van der Waals surface area contributed by atoms with E-state index in [9.17, 15) is 10.1 Å². The summed E-state index contributed by atoms with van der Waals surface area (Å²) in [5, 5.41) is 12.5. The summed E-state index contributed by atoms with van der Waals surface area (Å²) >= 11 is 0. The second kappa shape index (κ2) is 1.61. The van der Waals surface area contributed by atoms with Crippen LogP contribution in [0.15, 0.2) is 18.5 Å². The van der Waals surface area contributed by atoms with E-state index in [2.05, 4.69) is 5.10 Å².